The fourth-order valence-corrected chi connectivity index (χ4v) is 2.34. The van der Waals surface area contributed by atoms with Gasteiger partial charge in [-0.05, 0) is 39.3 Å². The van der Waals surface area contributed by atoms with Gasteiger partial charge in [0.2, 0.25) is 0 Å². The van der Waals surface area contributed by atoms with Crippen molar-refractivity contribution in [3.05, 3.63) is 0 Å². The lowest BCUT2D eigenvalue weighted by atomic mass is 10.1. The number of unbranched alkanes of at least 4 members (excludes halogenated alkanes) is 1. The Balaban J connectivity index is 2.19. The van der Waals surface area contributed by atoms with E-state index in [1.807, 2.05) is 7.05 Å². The van der Waals surface area contributed by atoms with Gasteiger partial charge in [0, 0.05) is 32.6 Å². The van der Waals surface area contributed by atoms with E-state index in [9.17, 15) is 9.59 Å². The van der Waals surface area contributed by atoms with E-state index in [1.165, 1.54) is 0 Å². The standard InChI is InChI=1S/C13H25N3O3/c1-15-9-5-6-11(10-15)16(2)13(19)14-8-4-3-7-12(17)18/h11H,3-10H2,1-2H3,(H,14,19)(H,17,18). The number of likely N-dealkylation sites (tertiary alicyclic amines) is 1. The van der Waals surface area contributed by atoms with Crippen LogP contribution in [-0.2, 0) is 4.79 Å². The summed E-state index contributed by atoms with van der Waals surface area (Å²) in [6.45, 7) is 2.56. The molecule has 110 valence electrons. The molecule has 1 heterocycles. The third-order valence-corrected chi connectivity index (χ3v) is 3.56. The maximum atomic E-state index is 11.9. The van der Waals surface area contributed by atoms with Crippen LogP contribution in [0.5, 0.6) is 0 Å². The number of aliphatic carboxylic acids is 1. The molecule has 19 heavy (non-hydrogen) atoms. The van der Waals surface area contributed by atoms with Crippen molar-refractivity contribution in [1.82, 2.24) is 15.1 Å². The normalized spacial score (nSPS) is 20.0. The van der Waals surface area contributed by atoms with Crippen molar-refractivity contribution >= 4 is 12.0 Å². The van der Waals surface area contributed by atoms with Crippen LogP contribution in [0.2, 0.25) is 0 Å². The number of amides is 2. The number of nitrogens with one attached hydrogen (secondary N) is 1. The molecule has 2 amide bonds. The summed E-state index contributed by atoms with van der Waals surface area (Å²) < 4.78 is 0. The Kier molecular flexibility index (Phi) is 6.62. The van der Waals surface area contributed by atoms with Crippen molar-refractivity contribution in [2.75, 3.05) is 33.7 Å². The molecule has 1 aliphatic heterocycles. The predicted octanol–water partition coefficient (Wildman–Crippen LogP) is 0.977. The van der Waals surface area contributed by atoms with Crippen molar-refractivity contribution in [3.8, 4) is 0 Å². The summed E-state index contributed by atoms with van der Waals surface area (Å²) in [4.78, 5) is 26.3. The van der Waals surface area contributed by atoms with Crippen LogP contribution in [0.15, 0.2) is 0 Å². The van der Waals surface area contributed by atoms with Crippen LogP contribution in [0.4, 0.5) is 4.79 Å². The first kappa shape index (κ1) is 15.8. The van der Waals surface area contributed by atoms with E-state index in [-0.39, 0.29) is 18.5 Å². The second-order valence-corrected chi connectivity index (χ2v) is 5.25. The van der Waals surface area contributed by atoms with Gasteiger partial charge in [-0.1, -0.05) is 0 Å². The summed E-state index contributed by atoms with van der Waals surface area (Å²) in [6.07, 6.45) is 3.64. The van der Waals surface area contributed by atoms with Crippen molar-refractivity contribution in [2.24, 2.45) is 0 Å². The SMILES string of the molecule is CN1CCCC(N(C)C(=O)NCCCCC(=O)O)C1. The average molecular weight is 271 g/mol. The Morgan fingerprint density at radius 3 is 2.79 bits per heavy atom. The number of rotatable bonds is 6. The molecule has 0 radical (unpaired) electrons. The first-order valence-electron chi connectivity index (χ1n) is 6.91. The number of likely N-dealkylation sites (N-methyl/N-ethyl adjacent to an activating group) is 2. The average Bonchev–Trinajstić information content (AvgIpc) is 2.36. The van der Waals surface area contributed by atoms with Crippen LogP contribution in [0.1, 0.15) is 32.1 Å². The quantitative estimate of drug-likeness (QED) is 0.706. The zero-order valence-electron chi connectivity index (χ0n) is 11.9. The number of hydrogen-bond acceptors (Lipinski definition) is 3. The third-order valence-electron chi connectivity index (χ3n) is 3.56. The van der Waals surface area contributed by atoms with Gasteiger partial charge in [0.1, 0.15) is 0 Å². The van der Waals surface area contributed by atoms with Crippen molar-refractivity contribution in [1.29, 1.82) is 0 Å². The lowest BCUT2D eigenvalue weighted by Gasteiger charge is -2.35. The Morgan fingerprint density at radius 2 is 2.16 bits per heavy atom. The van der Waals surface area contributed by atoms with Crippen LogP contribution in [0.3, 0.4) is 0 Å². The van der Waals surface area contributed by atoms with Gasteiger partial charge in [-0.15, -0.1) is 0 Å². The Bertz CT molecular complexity index is 310. The summed E-state index contributed by atoms with van der Waals surface area (Å²) in [5.74, 6) is -0.784. The molecule has 0 aromatic heterocycles. The fourth-order valence-electron chi connectivity index (χ4n) is 2.34. The van der Waals surface area contributed by atoms with E-state index >= 15 is 0 Å². The number of carbonyl (C=O) groups is 2. The minimum atomic E-state index is -0.784. The molecule has 0 spiro atoms. The summed E-state index contributed by atoms with van der Waals surface area (Å²) >= 11 is 0. The maximum absolute atomic E-state index is 11.9. The maximum Gasteiger partial charge on any atom is 0.317 e. The number of urea groups is 1. The molecular formula is C13H25N3O3. The Labute approximate surface area is 114 Å². The highest BCUT2D eigenvalue weighted by Gasteiger charge is 2.23. The molecule has 1 unspecified atom stereocenters. The van der Waals surface area contributed by atoms with Crippen molar-refractivity contribution in [2.45, 2.75) is 38.1 Å². The zero-order valence-corrected chi connectivity index (χ0v) is 11.9. The minimum absolute atomic E-state index is 0.0596. The molecule has 1 saturated heterocycles. The largest absolute Gasteiger partial charge is 0.481 e. The molecule has 1 aliphatic rings. The molecule has 6 nitrogen and oxygen atoms in total. The number of hydrogen-bond donors (Lipinski definition) is 2. The number of carboxylic acid groups (broad SMARTS) is 1. The van der Waals surface area contributed by atoms with Crippen LogP contribution < -0.4 is 5.32 Å². The van der Waals surface area contributed by atoms with E-state index in [0.717, 1.165) is 25.9 Å². The van der Waals surface area contributed by atoms with Crippen LogP contribution in [0, 0.1) is 0 Å². The summed E-state index contributed by atoms with van der Waals surface area (Å²) in [5.41, 5.74) is 0. The van der Waals surface area contributed by atoms with E-state index in [1.54, 1.807) is 4.90 Å². The highest BCUT2D eigenvalue weighted by molar-refractivity contribution is 5.74. The fraction of sp³-hybridized carbons (Fsp3) is 0.846. The summed E-state index contributed by atoms with van der Waals surface area (Å²) in [6, 6.07) is 0.216. The first-order chi connectivity index (χ1) is 9.00. The molecule has 1 rings (SSSR count). The highest BCUT2D eigenvalue weighted by Crippen LogP contribution is 2.13. The molecule has 1 atom stereocenters. The number of nitrogens with zero attached hydrogens (tertiary/aromatic N) is 2. The lowest BCUT2D eigenvalue weighted by Crippen LogP contribution is -2.50. The monoisotopic (exact) mass is 271 g/mol. The summed E-state index contributed by atoms with van der Waals surface area (Å²) in [5, 5.41) is 11.3. The van der Waals surface area contributed by atoms with Gasteiger partial charge in [0.25, 0.3) is 0 Å². The number of carboxylic acids is 1. The minimum Gasteiger partial charge on any atom is -0.481 e. The van der Waals surface area contributed by atoms with Crippen LogP contribution in [0.25, 0.3) is 0 Å². The van der Waals surface area contributed by atoms with E-state index in [4.69, 9.17) is 5.11 Å². The van der Waals surface area contributed by atoms with Gasteiger partial charge in [-0.25, -0.2) is 4.79 Å². The molecule has 6 heteroatoms. The molecular weight excluding hydrogens is 246 g/mol. The van der Waals surface area contributed by atoms with Crippen molar-refractivity contribution in [3.63, 3.8) is 0 Å². The van der Waals surface area contributed by atoms with Gasteiger partial charge in [0.05, 0.1) is 0 Å². The number of carbonyl (C=O) groups excluding carboxylic acids is 1. The molecule has 0 aromatic rings. The van der Waals surface area contributed by atoms with Gasteiger partial charge in [-0.2, -0.15) is 0 Å². The molecule has 0 aromatic carbocycles. The Hall–Kier alpha value is -1.30. The van der Waals surface area contributed by atoms with Gasteiger partial charge >= 0.3 is 12.0 Å². The topological polar surface area (TPSA) is 72.9 Å². The van der Waals surface area contributed by atoms with Crippen LogP contribution >= 0.6 is 0 Å². The van der Waals surface area contributed by atoms with E-state index in [2.05, 4.69) is 17.3 Å². The Morgan fingerprint density at radius 1 is 1.42 bits per heavy atom. The molecule has 1 fully saturated rings. The molecule has 0 saturated carbocycles. The van der Waals surface area contributed by atoms with Crippen LogP contribution in [-0.4, -0.2) is 66.7 Å². The third kappa shape index (κ3) is 5.92. The lowest BCUT2D eigenvalue weighted by molar-refractivity contribution is -0.137. The zero-order chi connectivity index (χ0) is 14.3. The summed E-state index contributed by atoms with van der Waals surface area (Å²) in [7, 11) is 3.90. The van der Waals surface area contributed by atoms with Gasteiger partial charge in [0.15, 0.2) is 0 Å². The van der Waals surface area contributed by atoms with E-state index < -0.39 is 5.97 Å². The second kappa shape index (κ2) is 7.99. The van der Waals surface area contributed by atoms with Gasteiger partial charge in [-0.3, -0.25) is 4.79 Å². The molecule has 0 bridgehead atoms. The molecule has 0 aliphatic carbocycles. The molecule has 2 N–H and O–H groups in total. The van der Waals surface area contributed by atoms with Crippen molar-refractivity contribution < 1.29 is 14.7 Å². The second-order valence-electron chi connectivity index (χ2n) is 5.25. The highest BCUT2D eigenvalue weighted by atomic mass is 16.4. The van der Waals surface area contributed by atoms with Gasteiger partial charge < -0.3 is 20.2 Å². The number of piperidine rings is 1. The smallest absolute Gasteiger partial charge is 0.317 e. The first-order valence-corrected chi connectivity index (χ1v) is 6.91. The van der Waals surface area contributed by atoms with E-state index in [0.29, 0.717) is 19.4 Å². The predicted molar refractivity (Wildman–Crippen MR) is 73.2 cm³/mol.